The van der Waals surface area contributed by atoms with E-state index >= 15 is 0 Å². The molecule has 2 aromatic rings. The minimum atomic E-state index is 0.0583. The lowest BCUT2D eigenvalue weighted by Gasteiger charge is -2.04. The van der Waals surface area contributed by atoms with Crippen LogP contribution >= 0.6 is 0 Å². The first-order chi connectivity index (χ1) is 14.3. The Balaban J connectivity index is 1.68. The summed E-state index contributed by atoms with van der Waals surface area (Å²) in [5.74, 6) is 0. The molecule has 0 saturated carbocycles. The zero-order chi connectivity index (χ0) is 20.6. The maximum Gasteiger partial charge on any atom is 0.171 e. The van der Waals surface area contributed by atoms with Gasteiger partial charge in [-0.25, -0.2) is 9.13 Å². The predicted molar refractivity (Wildman–Crippen MR) is 114 cm³/mol. The molecule has 0 aliphatic carbocycles. The topological polar surface area (TPSA) is 46.5 Å². The summed E-state index contributed by atoms with van der Waals surface area (Å²) in [4.78, 5) is 0. The van der Waals surface area contributed by atoms with E-state index in [0.29, 0.717) is 26.4 Å². The van der Waals surface area contributed by atoms with Crippen LogP contribution in [0.3, 0.4) is 0 Å². The summed E-state index contributed by atoms with van der Waals surface area (Å²) in [6.07, 6.45) is 16.6. The highest BCUT2D eigenvalue weighted by atomic mass is 16.5. The number of ether oxygens (including phenoxy) is 2. The molecule has 2 aromatic heterocycles. The minimum Gasteiger partial charge on any atom is -0.394 e. The first-order valence-corrected chi connectivity index (χ1v) is 11.1. The van der Waals surface area contributed by atoms with Crippen LogP contribution in [-0.4, -0.2) is 38.1 Å². The van der Waals surface area contributed by atoms with Gasteiger partial charge in [0.15, 0.2) is 31.3 Å². The molecule has 0 radical (unpaired) electrons. The highest BCUT2D eigenvalue weighted by Gasteiger charge is 2.06. The van der Waals surface area contributed by atoms with Crippen molar-refractivity contribution in [1.29, 1.82) is 0 Å². The van der Waals surface area contributed by atoms with E-state index in [2.05, 4.69) is 65.1 Å². The number of nitrogens with zero attached hydrogens (tertiary/aromatic N) is 2. The Morgan fingerprint density at radius 1 is 0.655 bits per heavy atom. The summed E-state index contributed by atoms with van der Waals surface area (Å²) in [6.45, 7) is 6.34. The highest BCUT2D eigenvalue weighted by Crippen LogP contribution is 2.15. The Morgan fingerprint density at radius 2 is 1.17 bits per heavy atom. The zero-order valence-corrected chi connectivity index (χ0v) is 18.0. The molecule has 0 saturated heterocycles. The minimum absolute atomic E-state index is 0.0583. The van der Waals surface area contributed by atoms with Gasteiger partial charge < -0.3 is 14.6 Å². The van der Waals surface area contributed by atoms with Crippen molar-refractivity contribution >= 4 is 0 Å². The van der Waals surface area contributed by atoms with Crippen LogP contribution in [0.25, 0.3) is 11.1 Å². The number of aryl methyl sites for hydroxylation is 1. The van der Waals surface area contributed by atoms with Crippen molar-refractivity contribution in [3.05, 3.63) is 49.1 Å². The first-order valence-electron chi connectivity index (χ1n) is 11.1. The highest BCUT2D eigenvalue weighted by molar-refractivity contribution is 5.60. The summed E-state index contributed by atoms with van der Waals surface area (Å²) in [7, 11) is 0. The molecule has 0 aliphatic rings. The summed E-state index contributed by atoms with van der Waals surface area (Å²) in [5.41, 5.74) is 2.47. The Labute approximate surface area is 175 Å². The number of pyridine rings is 2. The summed E-state index contributed by atoms with van der Waals surface area (Å²) < 4.78 is 15.1. The number of rotatable bonds is 16. The predicted octanol–water partition coefficient (Wildman–Crippen LogP) is 3.31. The van der Waals surface area contributed by atoms with Crippen LogP contribution in [0.1, 0.15) is 45.4 Å². The molecule has 5 nitrogen and oxygen atoms in total. The van der Waals surface area contributed by atoms with Crippen LogP contribution in [0.4, 0.5) is 0 Å². The van der Waals surface area contributed by atoms with Gasteiger partial charge in [0.05, 0.1) is 26.4 Å². The Morgan fingerprint density at radius 3 is 1.76 bits per heavy atom. The van der Waals surface area contributed by atoms with Gasteiger partial charge in [-0.1, -0.05) is 32.6 Å². The van der Waals surface area contributed by atoms with Crippen molar-refractivity contribution in [2.75, 3.05) is 33.0 Å². The molecule has 0 aromatic carbocycles. The van der Waals surface area contributed by atoms with Crippen molar-refractivity contribution in [3.8, 4) is 11.1 Å². The Bertz CT molecular complexity index is 644. The van der Waals surface area contributed by atoms with Gasteiger partial charge in [-0.05, 0) is 17.5 Å². The number of hydrogen-bond donors (Lipinski definition) is 1. The van der Waals surface area contributed by atoms with E-state index in [9.17, 15) is 0 Å². The molecule has 0 amide bonds. The average Bonchev–Trinajstić information content (AvgIpc) is 2.76. The van der Waals surface area contributed by atoms with Gasteiger partial charge in [-0.15, -0.1) is 0 Å². The summed E-state index contributed by atoms with van der Waals surface area (Å²) in [6, 6.07) is 8.70. The van der Waals surface area contributed by atoms with Crippen LogP contribution in [0.5, 0.6) is 0 Å². The largest absolute Gasteiger partial charge is 0.394 e. The number of unbranched alkanes of at least 4 members (excludes halogenated alkanes) is 5. The van der Waals surface area contributed by atoms with Crippen LogP contribution in [0, 0.1) is 0 Å². The monoisotopic (exact) mass is 402 g/mol. The van der Waals surface area contributed by atoms with Gasteiger partial charge in [0, 0.05) is 30.7 Å². The second-order valence-electron chi connectivity index (χ2n) is 7.37. The van der Waals surface area contributed by atoms with E-state index in [1.54, 1.807) is 0 Å². The smallest absolute Gasteiger partial charge is 0.171 e. The quantitative estimate of drug-likeness (QED) is 0.346. The second-order valence-corrected chi connectivity index (χ2v) is 7.37. The lowest BCUT2D eigenvalue weighted by Crippen LogP contribution is -2.35. The molecule has 0 atom stereocenters. The normalized spacial score (nSPS) is 11.1. The fraction of sp³-hybridized carbons (Fsp3) is 0.583. The maximum absolute atomic E-state index is 8.63. The van der Waals surface area contributed by atoms with Gasteiger partial charge in [-0.3, -0.25) is 0 Å². The van der Waals surface area contributed by atoms with Crippen LogP contribution in [-0.2, 0) is 22.6 Å². The lowest BCUT2D eigenvalue weighted by atomic mass is 10.1. The molecule has 1 N–H and O–H groups in total. The van der Waals surface area contributed by atoms with Crippen molar-refractivity contribution in [2.24, 2.45) is 0 Å². The Kier molecular flexibility index (Phi) is 12.2. The number of hydrogen-bond acceptors (Lipinski definition) is 3. The molecule has 2 rings (SSSR count). The molecule has 2 heterocycles. The van der Waals surface area contributed by atoms with Crippen molar-refractivity contribution in [1.82, 2.24) is 0 Å². The van der Waals surface area contributed by atoms with Gasteiger partial charge >= 0.3 is 0 Å². The van der Waals surface area contributed by atoms with E-state index in [1.807, 2.05) is 0 Å². The molecule has 0 spiro atoms. The van der Waals surface area contributed by atoms with E-state index < -0.39 is 0 Å². The van der Waals surface area contributed by atoms with Gasteiger partial charge in [0.1, 0.15) is 13.2 Å². The van der Waals surface area contributed by atoms with Crippen molar-refractivity contribution in [2.45, 2.75) is 58.5 Å². The van der Waals surface area contributed by atoms with Crippen LogP contribution in [0.15, 0.2) is 49.1 Å². The van der Waals surface area contributed by atoms with Gasteiger partial charge in [-0.2, -0.15) is 0 Å². The van der Waals surface area contributed by atoms with E-state index in [4.69, 9.17) is 14.6 Å². The van der Waals surface area contributed by atoms with Crippen molar-refractivity contribution < 1.29 is 23.7 Å². The third kappa shape index (κ3) is 9.97. The first kappa shape index (κ1) is 23.5. The van der Waals surface area contributed by atoms with Crippen molar-refractivity contribution in [3.63, 3.8) is 0 Å². The molecular formula is C24H38N2O3+2. The molecular weight excluding hydrogens is 364 g/mol. The second kappa shape index (κ2) is 15.1. The third-order valence-corrected chi connectivity index (χ3v) is 4.99. The summed E-state index contributed by atoms with van der Waals surface area (Å²) in [5, 5.41) is 8.63. The molecule has 0 aliphatic heterocycles. The number of aliphatic hydroxyl groups excluding tert-OH is 1. The lowest BCUT2D eigenvalue weighted by molar-refractivity contribution is -0.698. The van der Waals surface area contributed by atoms with E-state index in [0.717, 1.165) is 13.1 Å². The van der Waals surface area contributed by atoms with Crippen LogP contribution in [0.2, 0.25) is 0 Å². The van der Waals surface area contributed by atoms with E-state index in [-0.39, 0.29) is 6.61 Å². The molecule has 0 bridgehead atoms. The fourth-order valence-electron chi connectivity index (χ4n) is 3.23. The van der Waals surface area contributed by atoms with Gasteiger partial charge in [0.2, 0.25) is 0 Å². The average molecular weight is 403 g/mol. The van der Waals surface area contributed by atoms with Gasteiger partial charge in [0.25, 0.3) is 0 Å². The SMILES string of the molecule is CCCCCCCC[n+]1ccc(-c2cc[n+](CCOCCOCCO)cc2)cc1. The van der Waals surface area contributed by atoms with E-state index in [1.165, 1.54) is 49.7 Å². The maximum atomic E-state index is 8.63. The molecule has 0 fully saturated rings. The summed E-state index contributed by atoms with van der Waals surface area (Å²) >= 11 is 0. The number of aliphatic hydroxyl groups is 1. The molecule has 160 valence electrons. The van der Waals surface area contributed by atoms with Crippen LogP contribution < -0.4 is 9.13 Å². The standard InChI is InChI=1S/C24H38N2O3/c1-2-3-4-5-6-7-12-25-13-8-23(9-14-25)24-10-15-26(16-11-24)17-19-28-21-22-29-20-18-27/h8-11,13-16,27H,2-7,12,17-22H2,1H3/q+2. The molecule has 0 unspecified atom stereocenters. The zero-order valence-electron chi connectivity index (χ0n) is 18.0. The number of aromatic nitrogens is 2. The third-order valence-electron chi connectivity index (χ3n) is 4.99. The Hall–Kier alpha value is -1.82. The fourth-order valence-corrected chi connectivity index (χ4v) is 3.23. The molecule has 5 heteroatoms. The molecule has 29 heavy (non-hydrogen) atoms.